The van der Waals surface area contributed by atoms with Crippen LogP contribution in [0.15, 0.2) is 48.5 Å². The van der Waals surface area contributed by atoms with E-state index in [4.69, 9.17) is 9.47 Å². The van der Waals surface area contributed by atoms with Crippen LogP contribution in [0.2, 0.25) is 0 Å². The number of ether oxygens (including phenoxy) is 2. The Morgan fingerprint density at radius 2 is 1.82 bits per heavy atom. The zero-order valence-electron chi connectivity index (χ0n) is 17.1. The third-order valence-corrected chi connectivity index (χ3v) is 4.72. The number of amides is 1. The summed E-state index contributed by atoms with van der Waals surface area (Å²) in [6, 6.07) is 16.2. The molecule has 28 heavy (non-hydrogen) atoms. The number of carbonyl (C=O) groups is 1. The molecule has 0 spiro atoms. The maximum Gasteiger partial charge on any atom is 0.217 e. The van der Waals surface area contributed by atoms with E-state index >= 15 is 0 Å². The minimum atomic E-state index is -0.0268. The van der Waals surface area contributed by atoms with Crippen LogP contribution in [0.4, 0.5) is 5.69 Å². The van der Waals surface area contributed by atoms with Crippen molar-refractivity contribution in [3.63, 3.8) is 0 Å². The van der Waals surface area contributed by atoms with Crippen molar-refractivity contribution >= 4 is 11.6 Å². The Morgan fingerprint density at radius 1 is 1.11 bits per heavy atom. The molecule has 0 unspecified atom stereocenters. The van der Waals surface area contributed by atoms with Crippen LogP contribution in [0.25, 0.3) is 0 Å². The van der Waals surface area contributed by atoms with Crippen molar-refractivity contribution in [1.29, 1.82) is 0 Å². The molecule has 2 aromatic rings. The summed E-state index contributed by atoms with van der Waals surface area (Å²) in [5.41, 5.74) is 2.23. The number of anilines is 1. The molecule has 1 amide bonds. The summed E-state index contributed by atoms with van der Waals surface area (Å²) in [5, 5.41) is 2.89. The first-order chi connectivity index (χ1) is 13.4. The molecule has 5 heteroatoms. The Bertz CT molecular complexity index is 783. The van der Waals surface area contributed by atoms with Gasteiger partial charge in [-0.1, -0.05) is 32.0 Å². The van der Waals surface area contributed by atoms with Gasteiger partial charge in [0.15, 0.2) is 0 Å². The van der Waals surface area contributed by atoms with E-state index in [2.05, 4.69) is 36.2 Å². The molecule has 0 saturated carbocycles. The molecule has 150 valence electrons. The first kappa shape index (κ1) is 20.1. The summed E-state index contributed by atoms with van der Waals surface area (Å²) in [5.74, 6) is 2.26. The van der Waals surface area contributed by atoms with Gasteiger partial charge in [0.25, 0.3) is 0 Å². The van der Waals surface area contributed by atoms with Gasteiger partial charge >= 0.3 is 0 Å². The van der Waals surface area contributed by atoms with Gasteiger partial charge in [-0.2, -0.15) is 0 Å². The Balaban J connectivity index is 1.49. The summed E-state index contributed by atoms with van der Waals surface area (Å²) >= 11 is 0. The van der Waals surface area contributed by atoms with Crippen LogP contribution >= 0.6 is 0 Å². The van der Waals surface area contributed by atoms with Crippen LogP contribution in [0, 0.1) is 5.92 Å². The summed E-state index contributed by atoms with van der Waals surface area (Å²) < 4.78 is 11.9. The molecule has 1 aliphatic heterocycles. The SMILES string of the molecule is CC(=O)N[C@@H](C)c1ccc(OC2CN(c3cccc(OCC(C)C)c3)C2)cc1. The number of nitrogens with zero attached hydrogens (tertiary/aromatic N) is 1. The molecule has 5 nitrogen and oxygen atoms in total. The summed E-state index contributed by atoms with van der Waals surface area (Å²) in [6.07, 6.45) is 0.179. The molecule has 0 radical (unpaired) electrons. The van der Waals surface area contributed by atoms with E-state index in [0.29, 0.717) is 5.92 Å². The fraction of sp³-hybridized carbons (Fsp3) is 0.435. The molecular weight excluding hydrogens is 352 g/mol. The standard InChI is InChI=1S/C23H30N2O3/c1-16(2)15-27-22-7-5-6-20(12-22)25-13-23(14-25)28-21-10-8-19(9-11-21)17(3)24-18(4)26/h5-12,16-17,23H,13-15H2,1-4H3,(H,24,26)/t17-/m0/s1. The number of nitrogens with one attached hydrogen (secondary N) is 1. The molecule has 0 aromatic heterocycles. The number of hydrogen-bond acceptors (Lipinski definition) is 4. The van der Waals surface area contributed by atoms with Gasteiger partial charge in [-0.15, -0.1) is 0 Å². The predicted molar refractivity (Wildman–Crippen MR) is 112 cm³/mol. The second-order valence-electron chi connectivity index (χ2n) is 7.84. The molecule has 1 heterocycles. The maximum atomic E-state index is 11.2. The average Bonchev–Trinajstić information content (AvgIpc) is 2.63. The van der Waals surface area contributed by atoms with E-state index in [1.54, 1.807) is 0 Å². The predicted octanol–water partition coefficient (Wildman–Crippen LogP) is 4.19. The highest BCUT2D eigenvalue weighted by Crippen LogP contribution is 2.28. The molecule has 1 fully saturated rings. The number of benzene rings is 2. The Morgan fingerprint density at radius 3 is 2.46 bits per heavy atom. The molecule has 3 rings (SSSR count). The molecule has 0 bridgehead atoms. The third kappa shape index (κ3) is 5.41. The molecule has 1 atom stereocenters. The summed E-state index contributed by atoms with van der Waals surface area (Å²) in [6.45, 7) is 10.2. The van der Waals surface area contributed by atoms with Crippen LogP contribution < -0.4 is 19.7 Å². The van der Waals surface area contributed by atoms with Gasteiger partial charge in [-0.05, 0) is 42.7 Å². The molecule has 1 saturated heterocycles. The second-order valence-corrected chi connectivity index (χ2v) is 7.84. The lowest BCUT2D eigenvalue weighted by molar-refractivity contribution is -0.119. The lowest BCUT2D eigenvalue weighted by Crippen LogP contribution is -2.54. The quantitative estimate of drug-likeness (QED) is 0.744. The first-order valence-corrected chi connectivity index (χ1v) is 9.92. The topological polar surface area (TPSA) is 50.8 Å². The Kier molecular flexibility index (Phi) is 6.45. The lowest BCUT2D eigenvalue weighted by Gasteiger charge is -2.40. The summed E-state index contributed by atoms with van der Waals surface area (Å²) in [4.78, 5) is 13.5. The minimum absolute atomic E-state index is 0.00376. The third-order valence-electron chi connectivity index (χ3n) is 4.72. The van der Waals surface area contributed by atoms with E-state index < -0.39 is 0 Å². The van der Waals surface area contributed by atoms with Gasteiger partial charge in [0.05, 0.1) is 25.7 Å². The fourth-order valence-corrected chi connectivity index (χ4v) is 3.17. The van der Waals surface area contributed by atoms with E-state index in [1.807, 2.05) is 43.3 Å². The molecule has 1 N–H and O–H groups in total. The monoisotopic (exact) mass is 382 g/mol. The van der Waals surface area contributed by atoms with Gasteiger partial charge in [0, 0.05) is 18.7 Å². The van der Waals surface area contributed by atoms with Crippen molar-refractivity contribution in [1.82, 2.24) is 5.32 Å². The van der Waals surface area contributed by atoms with Gasteiger partial charge in [-0.3, -0.25) is 4.79 Å². The van der Waals surface area contributed by atoms with Crippen LogP contribution in [0.3, 0.4) is 0 Å². The van der Waals surface area contributed by atoms with E-state index in [0.717, 1.165) is 36.8 Å². The van der Waals surface area contributed by atoms with Crippen LogP contribution in [-0.2, 0) is 4.79 Å². The van der Waals surface area contributed by atoms with Gasteiger partial charge < -0.3 is 19.7 Å². The Hall–Kier alpha value is -2.69. The van der Waals surface area contributed by atoms with Crippen molar-refractivity contribution < 1.29 is 14.3 Å². The zero-order chi connectivity index (χ0) is 20.1. The van der Waals surface area contributed by atoms with Gasteiger partial charge in [0.1, 0.15) is 17.6 Å². The zero-order valence-corrected chi connectivity index (χ0v) is 17.1. The number of rotatable bonds is 8. The molecule has 1 aliphatic rings. The van der Waals surface area contributed by atoms with E-state index in [-0.39, 0.29) is 18.1 Å². The van der Waals surface area contributed by atoms with Crippen LogP contribution in [0.5, 0.6) is 11.5 Å². The van der Waals surface area contributed by atoms with Crippen molar-refractivity contribution in [3.8, 4) is 11.5 Å². The number of carbonyl (C=O) groups excluding carboxylic acids is 1. The largest absolute Gasteiger partial charge is 0.493 e. The van der Waals surface area contributed by atoms with Crippen LogP contribution in [-0.4, -0.2) is 31.7 Å². The highest BCUT2D eigenvalue weighted by molar-refractivity contribution is 5.73. The molecule has 0 aliphatic carbocycles. The maximum absolute atomic E-state index is 11.2. The van der Waals surface area contributed by atoms with Gasteiger partial charge in [-0.25, -0.2) is 0 Å². The van der Waals surface area contributed by atoms with Crippen molar-refractivity contribution in [2.75, 3.05) is 24.6 Å². The highest BCUT2D eigenvalue weighted by atomic mass is 16.5. The summed E-state index contributed by atoms with van der Waals surface area (Å²) in [7, 11) is 0. The number of hydrogen-bond donors (Lipinski definition) is 1. The average molecular weight is 383 g/mol. The fourth-order valence-electron chi connectivity index (χ4n) is 3.17. The minimum Gasteiger partial charge on any atom is -0.493 e. The van der Waals surface area contributed by atoms with Crippen molar-refractivity contribution in [3.05, 3.63) is 54.1 Å². The first-order valence-electron chi connectivity index (χ1n) is 9.92. The van der Waals surface area contributed by atoms with E-state index in [1.165, 1.54) is 12.6 Å². The smallest absolute Gasteiger partial charge is 0.217 e. The lowest BCUT2D eigenvalue weighted by atomic mass is 10.1. The molecule has 2 aromatic carbocycles. The van der Waals surface area contributed by atoms with E-state index in [9.17, 15) is 4.79 Å². The highest BCUT2D eigenvalue weighted by Gasteiger charge is 2.29. The molecular formula is C23H30N2O3. The second kappa shape index (κ2) is 9.00. The van der Waals surface area contributed by atoms with Crippen molar-refractivity contribution in [2.45, 2.75) is 39.8 Å². The van der Waals surface area contributed by atoms with Crippen molar-refractivity contribution in [2.24, 2.45) is 5.92 Å². The normalized spacial score (nSPS) is 15.1. The van der Waals surface area contributed by atoms with Gasteiger partial charge in [0.2, 0.25) is 5.91 Å². The van der Waals surface area contributed by atoms with Crippen LogP contribution in [0.1, 0.15) is 39.3 Å². The Labute approximate surface area is 167 Å².